The minimum atomic E-state index is -3.13. The van der Waals surface area contributed by atoms with Gasteiger partial charge < -0.3 is 4.74 Å². The number of hydrazine groups is 1. The monoisotopic (exact) mass is 272 g/mol. The number of hydrogen-bond acceptors (Lipinski definition) is 5. The van der Waals surface area contributed by atoms with Gasteiger partial charge in [0.15, 0.2) is 0 Å². The molecule has 1 aromatic carbocycles. The maximum absolute atomic E-state index is 11.4. The standard InChI is InChI=1S/C12H20N2O3S/c1-9(2)17-12-7-5-4-6-10(12)11(14-13)8-18(3,15)16/h4-7,9,11,14H,8,13H2,1-3H3. The summed E-state index contributed by atoms with van der Waals surface area (Å²) in [5.74, 6) is 6.03. The molecular weight excluding hydrogens is 252 g/mol. The molecule has 0 amide bonds. The van der Waals surface area contributed by atoms with E-state index in [2.05, 4.69) is 5.43 Å². The van der Waals surface area contributed by atoms with Crippen molar-refractivity contribution in [1.82, 2.24) is 5.43 Å². The van der Waals surface area contributed by atoms with Gasteiger partial charge in [0.1, 0.15) is 15.6 Å². The molecule has 102 valence electrons. The Morgan fingerprint density at radius 3 is 2.44 bits per heavy atom. The Labute approximate surface area is 108 Å². The van der Waals surface area contributed by atoms with Crippen LogP contribution in [0.4, 0.5) is 0 Å². The first-order valence-electron chi connectivity index (χ1n) is 5.73. The Morgan fingerprint density at radius 2 is 1.94 bits per heavy atom. The summed E-state index contributed by atoms with van der Waals surface area (Å²) in [5.41, 5.74) is 3.28. The number of nitrogens with one attached hydrogen (secondary N) is 1. The summed E-state index contributed by atoms with van der Waals surface area (Å²) in [6.07, 6.45) is 1.20. The molecule has 0 radical (unpaired) electrons. The van der Waals surface area contributed by atoms with Crippen LogP contribution in [0, 0.1) is 0 Å². The molecule has 6 heteroatoms. The van der Waals surface area contributed by atoms with Gasteiger partial charge in [-0.05, 0) is 19.9 Å². The maximum atomic E-state index is 11.4. The van der Waals surface area contributed by atoms with Crippen molar-refractivity contribution in [2.24, 2.45) is 5.84 Å². The third-order valence-electron chi connectivity index (χ3n) is 2.33. The van der Waals surface area contributed by atoms with Crippen molar-refractivity contribution in [2.75, 3.05) is 12.0 Å². The molecule has 0 heterocycles. The molecular formula is C12H20N2O3S. The third-order valence-corrected chi connectivity index (χ3v) is 3.27. The number of nitrogens with two attached hydrogens (primary N) is 1. The summed E-state index contributed by atoms with van der Waals surface area (Å²) in [6.45, 7) is 3.83. The molecule has 3 N–H and O–H groups in total. The normalized spacial score (nSPS) is 13.6. The molecule has 0 saturated carbocycles. The molecule has 1 aromatic rings. The Hall–Kier alpha value is -1.11. The fraction of sp³-hybridized carbons (Fsp3) is 0.500. The van der Waals surface area contributed by atoms with Gasteiger partial charge in [-0.15, -0.1) is 0 Å². The predicted octanol–water partition coefficient (Wildman–Crippen LogP) is 1.02. The Kier molecular flexibility index (Phi) is 5.13. The zero-order chi connectivity index (χ0) is 13.8. The van der Waals surface area contributed by atoms with E-state index in [1.54, 1.807) is 0 Å². The molecule has 1 unspecified atom stereocenters. The van der Waals surface area contributed by atoms with Gasteiger partial charge in [0.2, 0.25) is 0 Å². The zero-order valence-electron chi connectivity index (χ0n) is 10.9. The molecule has 5 nitrogen and oxygen atoms in total. The van der Waals surface area contributed by atoms with Crippen molar-refractivity contribution in [1.29, 1.82) is 0 Å². The second kappa shape index (κ2) is 6.17. The van der Waals surface area contributed by atoms with E-state index in [1.807, 2.05) is 38.1 Å². The number of hydrogen-bond donors (Lipinski definition) is 2. The van der Waals surface area contributed by atoms with E-state index >= 15 is 0 Å². The van der Waals surface area contributed by atoms with Crippen molar-refractivity contribution >= 4 is 9.84 Å². The first-order chi connectivity index (χ1) is 8.33. The van der Waals surface area contributed by atoms with Crippen LogP contribution in [0.15, 0.2) is 24.3 Å². The lowest BCUT2D eigenvalue weighted by atomic mass is 10.1. The highest BCUT2D eigenvalue weighted by Crippen LogP contribution is 2.26. The van der Waals surface area contributed by atoms with Crippen LogP contribution in [0.25, 0.3) is 0 Å². The van der Waals surface area contributed by atoms with Crippen molar-refractivity contribution < 1.29 is 13.2 Å². The minimum absolute atomic E-state index is 0.0165. The average Bonchev–Trinajstić information content (AvgIpc) is 2.25. The number of benzene rings is 1. The summed E-state index contributed by atoms with van der Waals surface area (Å²) < 4.78 is 28.4. The number of sulfone groups is 1. The second-order valence-electron chi connectivity index (χ2n) is 4.52. The number of rotatable bonds is 6. The van der Waals surface area contributed by atoms with Crippen LogP contribution >= 0.6 is 0 Å². The molecule has 0 spiro atoms. The summed E-state index contributed by atoms with van der Waals surface area (Å²) in [7, 11) is -3.13. The molecule has 0 bridgehead atoms. The van der Waals surface area contributed by atoms with Gasteiger partial charge in [0.05, 0.1) is 17.9 Å². The van der Waals surface area contributed by atoms with E-state index < -0.39 is 15.9 Å². The molecule has 0 saturated heterocycles. The Morgan fingerprint density at radius 1 is 1.33 bits per heavy atom. The lowest BCUT2D eigenvalue weighted by molar-refractivity contribution is 0.238. The SMILES string of the molecule is CC(C)Oc1ccccc1C(CS(C)(=O)=O)NN. The summed E-state index contributed by atoms with van der Waals surface area (Å²) in [4.78, 5) is 0. The highest BCUT2D eigenvalue weighted by Gasteiger charge is 2.19. The highest BCUT2D eigenvalue weighted by molar-refractivity contribution is 7.90. The van der Waals surface area contributed by atoms with Crippen molar-refractivity contribution in [3.8, 4) is 5.75 Å². The van der Waals surface area contributed by atoms with Crippen LogP contribution in [0.3, 0.4) is 0 Å². The summed E-state index contributed by atoms with van der Waals surface area (Å²) in [5, 5.41) is 0. The van der Waals surface area contributed by atoms with Crippen LogP contribution in [0.5, 0.6) is 5.75 Å². The van der Waals surface area contributed by atoms with Crippen LogP contribution in [-0.2, 0) is 9.84 Å². The van der Waals surface area contributed by atoms with E-state index in [0.717, 1.165) is 5.56 Å². The van der Waals surface area contributed by atoms with Crippen LogP contribution in [0.1, 0.15) is 25.5 Å². The van der Waals surface area contributed by atoms with Gasteiger partial charge in [0, 0.05) is 11.8 Å². The Bertz CT molecular complexity index is 486. The molecule has 0 aliphatic heterocycles. The highest BCUT2D eigenvalue weighted by atomic mass is 32.2. The zero-order valence-corrected chi connectivity index (χ0v) is 11.7. The van der Waals surface area contributed by atoms with Gasteiger partial charge in [-0.2, -0.15) is 0 Å². The van der Waals surface area contributed by atoms with Gasteiger partial charge in [0.25, 0.3) is 0 Å². The maximum Gasteiger partial charge on any atom is 0.149 e. The van der Waals surface area contributed by atoms with E-state index in [1.165, 1.54) is 6.26 Å². The van der Waals surface area contributed by atoms with E-state index in [-0.39, 0.29) is 11.9 Å². The van der Waals surface area contributed by atoms with Crippen molar-refractivity contribution in [2.45, 2.75) is 26.0 Å². The van der Waals surface area contributed by atoms with Crippen LogP contribution in [-0.4, -0.2) is 26.5 Å². The quantitative estimate of drug-likeness (QED) is 0.597. The number of para-hydroxylation sites is 1. The van der Waals surface area contributed by atoms with Crippen LogP contribution < -0.4 is 16.0 Å². The lowest BCUT2D eigenvalue weighted by Crippen LogP contribution is -2.33. The van der Waals surface area contributed by atoms with Gasteiger partial charge in [-0.25, -0.2) is 8.42 Å². The molecule has 1 rings (SSSR count). The predicted molar refractivity (Wildman–Crippen MR) is 72.0 cm³/mol. The average molecular weight is 272 g/mol. The van der Waals surface area contributed by atoms with Gasteiger partial charge in [-0.1, -0.05) is 18.2 Å². The molecule has 1 atom stereocenters. The van der Waals surface area contributed by atoms with E-state index in [4.69, 9.17) is 10.6 Å². The van der Waals surface area contributed by atoms with E-state index in [0.29, 0.717) is 5.75 Å². The van der Waals surface area contributed by atoms with Gasteiger partial charge in [-0.3, -0.25) is 11.3 Å². The van der Waals surface area contributed by atoms with Crippen molar-refractivity contribution in [3.05, 3.63) is 29.8 Å². The van der Waals surface area contributed by atoms with Crippen molar-refractivity contribution in [3.63, 3.8) is 0 Å². The second-order valence-corrected chi connectivity index (χ2v) is 6.70. The van der Waals surface area contributed by atoms with Crippen LogP contribution in [0.2, 0.25) is 0 Å². The summed E-state index contributed by atoms with van der Waals surface area (Å²) >= 11 is 0. The largest absolute Gasteiger partial charge is 0.491 e. The minimum Gasteiger partial charge on any atom is -0.491 e. The smallest absolute Gasteiger partial charge is 0.149 e. The first-order valence-corrected chi connectivity index (χ1v) is 7.79. The fourth-order valence-electron chi connectivity index (χ4n) is 1.66. The fourth-order valence-corrected chi connectivity index (χ4v) is 2.54. The lowest BCUT2D eigenvalue weighted by Gasteiger charge is -2.20. The topological polar surface area (TPSA) is 81.4 Å². The third kappa shape index (κ3) is 4.64. The van der Waals surface area contributed by atoms with E-state index in [9.17, 15) is 8.42 Å². The first kappa shape index (κ1) is 14.9. The molecule has 0 aliphatic rings. The Balaban J connectivity index is 3.05. The molecule has 0 aliphatic carbocycles. The molecule has 18 heavy (non-hydrogen) atoms. The molecule has 0 fully saturated rings. The summed E-state index contributed by atoms with van der Waals surface area (Å²) in [6, 6.07) is 6.81. The number of ether oxygens (including phenoxy) is 1. The van der Waals surface area contributed by atoms with Gasteiger partial charge >= 0.3 is 0 Å². The molecule has 0 aromatic heterocycles.